The molecule has 0 spiro atoms. The molecule has 6 heteroatoms. The first-order chi connectivity index (χ1) is 9.54. The number of benzene rings is 1. The summed E-state index contributed by atoms with van der Waals surface area (Å²) in [5.41, 5.74) is 0. The Morgan fingerprint density at radius 1 is 1.25 bits per heavy atom. The maximum atomic E-state index is 12.4. The van der Waals surface area contributed by atoms with Crippen molar-refractivity contribution in [2.75, 3.05) is 19.7 Å². The summed E-state index contributed by atoms with van der Waals surface area (Å²) >= 11 is 0. The van der Waals surface area contributed by atoms with Crippen LogP contribution in [-0.2, 0) is 10.0 Å². The van der Waals surface area contributed by atoms with Gasteiger partial charge in [0.15, 0.2) is 0 Å². The standard InChI is InChI=1S/C14H21NO4S/c1-2-11-19-13-3-5-14(6-4-13)20(17,18)15-9-7-12(16)8-10-15/h3-6,12,16H,2,7-11H2,1H3. The third-order valence-electron chi connectivity index (χ3n) is 3.36. The molecule has 1 fully saturated rings. The van der Waals surface area contributed by atoms with Gasteiger partial charge in [0.2, 0.25) is 10.0 Å². The zero-order valence-electron chi connectivity index (χ0n) is 11.7. The number of nitrogens with zero attached hydrogens (tertiary/aromatic N) is 1. The number of rotatable bonds is 5. The molecule has 0 aromatic heterocycles. The molecule has 1 saturated heterocycles. The number of hydrogen-bond donors (Lipinski definition) is 1. The summed E-state index contributed by atoms with van der Waals surface area (Å²) in [5, 5.41) is 9.44. The Kier molecular flexibility index (Phi) is 5.01. The van der Waals surface area contributed by atoms with Gasteiger partial charge in [0.05, 0.1) is 17.6 Å². The van der Waals surface area contributed by atoms with Crippen molar-refractivity contribution in [3.05, 3.63) is 24.3 Å². The molecule has 1 aliphatic heterocycles. The third kappa shape index (κ3) is 3.50. The fraction of sp³-hybridized carbons (Fsp3) is 0.571. The Bertz CT molecular complexity index is 519. The van der Waals surface area contributed by atoms with Crippen LogP contribution in [0.1, 0.15) is 26.2 Å². The first kappa shape index (κ1) is 15.3. The van der Waals surface area contributed by atoms with Gasteiger partial charge < -0.3 is 9.84 Å². The van der Waals surface area contributed by atoms with E-state index >= 15 is 0 Å². The second-order valence-corrected chi connectivity index (χ2v) is 6.89. The van der Waals surface area contributed by atoms with Gasteiger partial charge in [-0.2, -0.15) is 4.31 Å². The highest BCUT2D eigenvalue weighted by Gasteiger charge is 2.28. The summed E-state index contributed by atoms with van der Waals surface area (Å²) in [5.74, 6) is 0.680. The lowest BCUT2D eigenvalue weighted by molar-refractivity contribution is 0.113. The van der Waals surface area contributed by atoms with Crippen LogP contribution < -0.4 is 4.74 Å². The average molecular weight is 299 g/mol. The van der Waals surface area contributed by atoms with Crippen molar-refractivity contribution in [2.45, 2.75) is 37.2 Å². The molecule has 1 aromatic carbocycles. The molecule has 0 aliphatic carbocycles. The Morgan fingerprint density at radius 3 is 2.40 bits per heavy atom. The molecule has 20 heavy (non-hydrogen) atoms. The number of sulfonamides is 1. The Balaban J connectivity index is 2.09. The summed E-state index contributed by atoms with van der Waals surface area (Å²) in [6.07, 6.45) is 1.52. The van der Waals surface area contributed by atoms with Crippen molar-refractivity contribution in [3.63, 3.8) is 0 Å². The van der Waals surface area contributed by atoms with Gasteiger partial charge >= 0.3 is 0 Å². The van der Waals surface area contributed by atoms with Crippen LogP contribution in [0.2, 0.25) is 0 Å². The lowest BCUT2D eigenvalue weighted by atomic mass is 10.1. The van der Waals surface area contributed by atoms with Gasteiger partial charge in [-0.05, 0) is 43.5 Å². The van der Waals surface area contributed by atoms with Gasteiger partial charge in [0.25, 0.3) is 0 Å². The lowest BCUT2D eigenvalue weighted by Gasteiger charge is -2.28. The van der Waals surface area contributed by atoms with Crippen molar-refractivity contribution >= 4 is 10.0 Å². The number of aliphatic hydroxyl groups excluding tert-OH is 1. The zero-order chi connectivity index (χ0) is 14.6. The minimum atomic E-state index is -3.46. The van der Waals surface area contributed by atoms with E-state index in [1.165, 1.54) is 4.31 Å². The van der Waals surface area contributed by atoms with E-state index in [4.69, 9.17) is 4.74 Å². The average Bonchev–Trinajstić information content (AvgIpc) is 2.46. The summed E-state index contributed by atoms with van der Waals surface area (Å²) in [4.78, 5) is 0.276. The fourth-order valence-corrected chi connectivity index (χ4v) is 3.63. The predicted octanol–water partition coefficient (Wildman–Crippen LogP) is 1.62. The number of hydrogen-bond acceptors (Lipinski definition) is 4. The SMILES string of the molecule is CCCOc1ccc(S(=O)(=O)N2CCC(O)CC2)cc1. The Labute approximate surface area is 120 Å². The molecule has 5 nitrogen and oxygen atoms in total. The monoisotopic (exact) mass is 299 g/mol. The maximum Gasteiger partial charge on any atom is 0.243 e. The molecule has 1 heterocycles. The predicted molar refractivity (Wildman–Crippen MR) is 76.2 cm³/mol. The number of ether oxygens (including phenoxy) is 1. The van der Waals surface area contributed by atoms with E-state index in [-0.39, 0.29) is 11.0 Å². The molecule has 0 amide bonds. The van der Waals surface area contributed by atoms with Crippen LogP contribution in [0.15, 0.2) is 29.2 Å². The Hall–Kier alpha value is -1.11. The van der Waals surface area contributed by atoms with Gasteiger partial charge in [-0.1, -0.05) is 6.92 Å². The van der Waals surface area contributed by atoms with E-state index in [0.717, 1.165) is 6.42 Å². The molecule has 0 saturated carbocycles. The first-order valence-electron chi connectivity index (χ1n) is 6.95. The molecule has 2 rings (SSSR count). The second-order valence-electron chi connectivity index (χ2n) is 4.96. The zero-order valence-corrected chi connectivity index (χ0v) is 12.5. The van der Waals surface area contributed by atoms with Crippen molar-refractivity contribution in [1.29, 1.82) is 0 Å². The number of aliphatic hydroxyl groups is 1. The molecule has 1 aliphatic rings. The normalized spacial score (nSPS) is 18.1. The van der Waals surface area contributed by atoms with Crippen LogP contribution in [0.5, 0.6) is 5.75 Å². The van der Waals surface area contributed by atoms with Crippen LogP contribution in [0, 0.1) is 0 Å². The van der Waals surface area contributed by atoms with Crippen molar-refractivity contribution in [2.24, 2.45) is 0 Å². The van der Waals surface area contributed by atoms with E-state index in [1.807, 2.05) is 6.92 Å². The molecule has 0 bridgehead atoms. The first-order valence-corrected chi connectivity index (χ1v) is 8.39. The van der Waals surface area contributed by atoms with E-state index in [9.17, 15) is 13.5 Å². The lowest BCUT2D eigenvalue weighted by Crippen LogP contribution is -2.39. The topological polar surface area (TPSA) is 66.8 Å². The quantitative estimate of drug-likeness (QED) is 0.897. The van der Waals surface area contributed by atoms with E-state index in [0.29, 0.717) is 38.3 Å². The molecule has 112 valence electrons. The van der Waals surface area contributed by atoms with Gasteiger partial charge in [-0.15, -0.1) is 0 Å². The fourth-order valence-electron chi connectivity index (χ4n) is 2.16. The van der Waals surface area contributed by atoms with Crippen LogP contribution >= 0.6 is 0 Å². The van der Waals surface area contributed by atoms with Gasteiger partial charge in [0.1, 0.15) is 5.75 Å². The van der Waals surface area contributed by atoms with Gasteiger partial charge in [-0.3, -0.25) is 0 Å². The minimum absolute atomic E-state index is 0.276. The summed E-state index contributed by atoms with van der Waals surface area (Å²) in [6.45, 7) is 3.38. The van der Waals surface area contributed by atoms with E-state index in [2.05, 4.69) is 0 Å². The summed E-state index contributed by atoms with van der Waals surface area (Å²) < 4.78 is 31.7. The summed E-state index contributed by atoms with van der Waals surface area (Å²) in [7, 11) is -3.46. The highest BCUT2D eigenvalue weighted by atomic mass is 32.2. The molecular weight excluding hydrogens is 278 g/mol. The van der Waals surface area contributed by atoms with Gasteiger partial charge in [-0.25, -0.2) is 8.42 Å². The van der Waals surface area contributed by atoms with Crippen LogP contribution in [0.4, 0.5) is 0 Å². The van der Waals surface area contributed by atoms with Gasteiger partial charge in [0, 0.05) is 13.1 Å². The maximum absolute atomic E-state index is 12.4. The van der Waals surface area contributed by atoms with Crippen molar-refractivity contribution in [1.82, 2.24) is 4.31 Å². The molecule has 1 N–H and O–H groups in total. The highest BCUT2D eigenvalue weighted by Crippen LogP contribution is 2.22. The van der Waals surface area contributed by atoms with Crippen molar-refractivity contribution in [3.8, 4) is 5.75 Å². The molecule has 0 unspecified atom stereocenters. The smallest absolute Gasteiger partial charge is 0.243 e. The van der Waals surface area contributed by atoms with Crippen molar-refractivity contribution < 1.29 is 18.3 Å². The minimum Gasteiger partial charge on any atom is -0.494 e. The second kappa shape index (κ2) is 6.56. The van der Waals surface area contributed by atoms with E-state index < -0.39 is 10.0 Å². The Morgan fingerprint density at radius 2 is 1.85 bits per heavy atom. The van der Waals surface area contributed by atoms with Crippen LogP contribution in [-0.4, -0.2) is 43.6 Å². The largest absolute Gasteiger partial charge is 0.494 e. The molecule has 0 atom stereocenters. The summed E-state index contributed by atoms with van der Waals surface area (Å²) in [6, 6.07) is 6.51. The van der Waals surface area contributed by atoms with Crippen LogP contribution in [0.25, 0.3) is 0 Å². The third-order valence-corrected chi connectivity index (χ3v) is 5.27. The van der Waals surface area contributed by atoms with Crippen LogP contribution in [0.3, 0.4) is 0 Å². The molecule has 0 radical (unpaired) electrons. The molecular formula is C14H21NO4S. The van der Waals surface area contributed by atoms with E-state index in [1.54, 1.807) is 24.3 Å². The highest BCUT2D eigenvalue weighted by molar-refractivity contribution is 7.89. The number of piperidine rings is 1. The molecule has 1 aromatic rings.